The molecule has 10 heteroatoms. The smallest absolute Gasteiger partial charge is 0.362 e. The van der Waals surface area contributed by atoms with Crippen LogP contribution in [0.4, 0.5) is 0 Å². The van der Waals surface area contributed by atoms with Gasteiger partial charge in [-0.1, -0.05) is 0 Å². The molecule has 1 atom stereocenters. The van der Waals surface area contributed by atoms with Crippen molar-refractivity contribution in [1.82, 2.24) is 0 Å². The van der Waals surface area contributed by atoms with Crippen LogP contribution in [0.5, 0.6) is 0 Å². The molecule has 0 bridgehead atoms. The van der Waals surface area contributed by atoms with E-state index in [1.54, 1.807) is 0 Å². The lowest BCUT2D eigenvalue weighted by atomic mass is 10.5. The normalized spacial score (nSPS) is 30.0. The minimum absolute atomic E-state index is 0.308. The lowest BCUT2D eigenvalue weighted by Gasteiger charge is -2.35. The topological polar surface area (TPSA) is 58.7 Å². The summed E-state index contributed by atoms with van der Waals surface area (Å²) < 4.78 is 34.5. The van der Waals surface area contributed by atoms with Crippen molar-refractivity contribution in [3.63, 3.8) is 0 Å². The molecule has 2 rings (SSSR count). The number of hydrogen-bond acceptors (Lipinski definition) is 6. The molecule has 0 amide bonds. The zero-order chi connectivity index (χ0) is 13.9. The molecule has 0 aromatic carbocycles. The van der Waals surface area contributed by atoms with Crippen LogP contribution in [0, 0.1) is 0 Å². The van der Waals surface area contributed by atoms with Crippen LogP contribution in [-0.4, -0.2) is 62.3 Å². The van der Waals surface area contributed by atoms with E-state index in [9.17, 15) is 0 Å². The van der Waals surface area contributed by atoms with Crippen LogP contribution in [0.2, 0.25) is 32.2 Å². The van der Waals surface area contributed by atoms with Crippen molar-refractivity contribution in [2.75, 3.05) is 19.8 Å². The van der Waals surface area contributed by atoms with Crippen LogP contribution in [0.25, 0.3) is 0 Å². The molecule has 2 fully saturated rings. The summed E-state index contributed by atoms with van der Waals surface area (Å²) in [5.74, 6) is 0. The van der Waals surface area contributed by atoms with E-state index in [1.165, 1.54) is 0 Å². The summed E-state index contributed by atoms with van der Waals surface area (Å²) in [6.07, 6.45) is 0.308. The third-order valence-corrected chi connectivity index (χ3v) is 14.2. The van der Waals surface area contributed by atoms with Gasteiger partial charge in [0, 0.05) is 12.7 Å². The maximum atomic E-state index is 6.10. The van der Waals surface area contributed by atoms with Crippen molar-refractivity contribution in [2.24, 2.45) is 0 Å². The molecule has 1 unspecified atom stereocenters. The molecule has 2 aliphatic heterocycles. The molecular formula is C9H21O6Si4. The third-order valence-electron chi connectivity index (χ3n) is 2.70. The van der Waals surface area contributed by atoms with Crippen LogP contribution < -0.4 is 0 Å². The van der Waals surface area contributed by atoms with Crippen molar-refractivity contribution in [3.8, 4) is 0 Å². The fourth-order valence-electron chi connectivity index (χ4n) is 1.83. The van der Waals surface area contributed by atoms with E-state index < -0.39 is 36.4 Å². The van der Waals surface area contributed by atoms with E-state index in [4.69, 9.17) is 25.9 Å². The summed E-state index contributed by atoms with van der Waals surface area (Å²) in [5.41, 5.74) is 0. The Bertz CT molecular complexity index is 278. The zero-order valence-electron chi connectivity index (χ0n) is 11.9. The van der Waals surface area contributed by atoms with Crippen LogP contribution in [0.1, 0.15) is 0 Å². The van der Waals surface area contributed by atoms with Gasteiger partial charge in [-0.2, -0.15) is 0 Å². The number of hydrogen-bond donors (Lipinski definition) is 0. The fraction of sp³-hybridized carbons (Fsp3) is 1.00. The summed E-state index contributed by atoms with van der Waals surface area (Å²) >= 11 is 0. The summed E-state index contributed by atoms with van der Waals surface area (Å²) in [5, 5.41) is 0. The molecule has 109 valence electrons. The molecule has 3 radical (unpaired) electrons. The Morgan fingerprint density at radius 2 is 1.68 bits per heavy atom. The molecule has 0 N–H and O–H groups in total. The maximum absolute atomic E-state index is 6.10. The highest BCUT2D eigenvalue weighted by Gasteiger charge is 2.40. The van der Waals surface area contributed by atoms with Crippen molar-refractivity contribution >= 4 is 36.4 Å². The van der Waals surface area contributed by atoms with Gasteiger partial charge in [0.25, 0.3) is 0 Å². The highest BCUT2D eigenvalue weighted by Crippen LogP contribution is 2.20. The second kappa shape index (κ2) is 7.06. The fourth-order valence-corrected chi connectivity index (χ4v) is 13.4. The molecule has 0 spiro atoms. The zero-order valence-corrected chi connectivity index (χ0v) is 15.9. The summed E-state index contributed by atoms with van der Waals surface area (Å²) in [6, 6.07) is 0.808. The first-order valence-corrected chi connectivity index (χ1v) is 14.4. The largest absolute Gasteiger partial charge is 0.415 e. The molecule has 2 heterocycles. The molecule has 19 heavy (non-hydrogen) atoms. The number of rotatable bonds is 5. The lowest BCUT2D eigenvalue weighted by Crippen LogP contribution is -2.53. The van der Waals surface area contributed by atoms with Gasteiger partial charge in [0.15, 0.2) is 0 Å². The van der Waals surface area contributed by atoms with Gasteiger partial charge < -0.3 is 25.9 Å². The van der Waals surface area contributed by atoms with Gasteiger partial charge in [0.1, 0.15) is 6.10 Å². The highest BCUT2D eigenvalue weighted by molar-refractivity contribution is 6.81. The third kappa shape index (κ3) is 5.87. The van der Waals surface area contributed by atoms with E-state index in [-0.39, 0.29) is 0 Å². The second-order valence-corrected chi connectivity index (χ2v) is 13.8. The number of ether oxygens (including phenoxy) is 2. The van der Waals surface area contributed by atoms with E-state index in [2.05, 4.69) is 6.55 Å². The average molecular weight is 338 g/mol. The summed E-state index contributed by atoms with van der Waals surface area (Å²) in [7, 11) is -6.00. The molecule has 0 aliphatic carbocycles. The van der Waals surface area contributed by atoms with Crippen LogP contribution in [0.15, 0.2) is 0 Å². The Morgan fingerprint density at radius 1 is 1.11 bits per heavy atom. The SMILES string of the molecule is C[Si]1O[Si](C)O[Si](C)(CCOCC2CO2)O[Si](C)O1. The van der Waals surface area contributed by atoms with Gasteiger partial charge in [-0.15, -0.1) is 0 Å². The van der Waals surface area contributed by atoms with E-state index >= 15 is 0 Å². The molecule has 6 nitrogen and oxygen atoms in total. The first-order chi connectivity index (χ1) is 8.97. The van der Waals surface area contributed by atoms with Gasteiger partial charge in [-0.3, -0.25) is 0 Å². The Morgan fingerprint density at radius 3 is 2.21 bits per heavy atom. The van der Waals surface area contributed by atoms with E-state index in [0.717, 1.165) is 12.7 Å². The molecular weight excluding hydrogens is 316 g/mol. The van der Waals surface area contributed by atoms with Crippen LogP contribution in [-0.2, 0) is 25.9 Å². The van der Waals surface area contributed by atoms with Crippen molar-refractivity contribution in [1.29, 1.82) is 0 Å². The van der Waals surface area contributed by atoms with Gasteiger partial charge in [0.2, 0.25) is 0 Å². The second-order valence-electron chi connectivity index (χ2n) is 4.80. The molecule has 2 saturated heterocycles. The first-order valence-electron chi connectivity index (χ1n) is 6.40. The van der Waals surface area contributed by atoms with Crippen molar-refractivity contribution < 1.29 is 25.9 Å². The minimum atomic E-state index is -2.24. The highest BCUT2D eigenvalue weighted by atomic mass is 28.5. The molecule has 0 saturated carbocycles. The maximum Gasteiger partial charge on any atom is 0.362 e. The quantitative estimate of drug-likeness (QED) is 0.422. The summed E-state index contributed by atoms with van der Waals surface area (Å²) in [4.78, 5) is 0. The Balaban J connectivity index is 1.79. The first kappa shape index (κ1) is 16.0. The summed E-state index contributed by atoms with van der Waals surface area (Å²) in [6.45, 7) is 10.2. The Kier molecular flexibility index (Phi) is 5.95. The van der Waals surface area contributed by atoms with Gasteiger partial charge >= 0.3 is 36.4 Å². The standard InChI is InChI=1S/C9H21O6Si4/c1-16-12-17(2)14-19(4,15-18(3)13-16)6-5-10-7-9-8-11-9/h9H,5-8H2,1-4H3. The predicted octanol–water partition coefficient (Wildman–Crippen LogP) is 0.908. The van der Waals surface area contributed by atoms with Crippen LogP contribution >= 0.6 is 0 Å². The van der Waals surface area contributed by atoms with Gasteiger partial charge in [0.05, 0.1) is 13.2 Å². The minimum Gasteiger partial charge on any atom is -0.415 e. The van der Waals surface area contributed by atoms with Crippen LogP contribution in [0.3, 0.4) is 0 Å². The number of epoxide rings is 1. The Labute approximate surface area is 121 Å². The molecule has 0 aromatic heterocycles. The molecule has 2 aliphatic rings. The monoisotopic (exact) mass is 337 g/mol. The van der Waals surface area contributed by atoms with Crippen molar-refractivity contribution in [2.45, 2.75) is 38.3 Å². The Hall–Kier alpha value is 0.628. The average Bonchev–Trinajstić information content (AvgIpc) is 3.05. The van der Waals surface area contributed by atoms with E-state index in [1.807, 2.05) is 19.6 Å². The van der Waals surface area contributed by atoms with Crippen molar-refractivity contribution in [3.05, 3.63) is 0 Å². The lowest BCUT2D eigenvalue weighted by molar-refractivity contribution is 0.122. The van der Waals surface area contributed by atoms with E-state index in [0.29, 0.717) is 19.3 Å². The predicted molar refractivity (Wildman–Crippen MR) is 76.2 cm³/mol. The van der Waals surface area contributed by atoms with Gasteiger partial charge in [-0.05, 0) is 26.2 Å². The van der Waals surface area contributed by atoms with Gasteiger partial charge in [-0.25, -0.2) is 0 Å². The molecule has 0 aromatic rings.